The van der Waals surface area contributed by atoms with Crippen molar-refractivity contribution >= 4 is 35.5 Å². The van der Waals surface area contributed by atoms with Crippen LogP contribution in [0.2, 0.25) is 0 Å². The number of allylic oxidation sites excluding steroid dienone is 2. The molecule has 0 heterocycles. The molecule has 0 fully saturated rings. The molecule has 0 radical (unpaired) electrons. The zero-order valence-electron chi connectivity index (χ0n) is 4.92. The van der Waals surface area contributed by atoms with Crippen molar-refractivity contribution in [2.24, 2.45) is 0 Å². The van der Waals surface area contributed by atoms with Gasteiger partial charge >= 0.3 is 35.5 Å². The molecule has 0 aromatic carbocycles. The van der Waals surface area contributed by atoms with Crippen LogP contribution in [0.15, 0.2) is 12.2 Å². The molecule has 0 spiro atoms. The fourth-order valence-corrected chi connectivity index (χ4v) is 0.373. The summed E-state index contributed by atoms with van der Waals surface area (Å²) >= 11 is 0. The van der Waals surface area contributed by atoms with Gasteiger partial charge in [-0.05, 0) is 13.3 Å². The summed E-state index contributed by atoms with van der Waals surface area (Å²) in [5, 5.41) is 8.11. The van der Waals surface area contributed by atoms with Gasteiger partial charge in [0.2, 0.25) is 0 Å². The molecule has 0 saturated carbocycles. The van der Waals surface area contributed by atoms with Gasteiger partial charge in [0.05, 0.1) is 0 Å². The van der Waals surface area contributed by atoms with Crippen LogP contribution in [0.5, 0.6) is 0 Å². The molecule has 0 unspecified atom stereocenters. The molecule has 48 valence electrons. The maximum atomic E-state index is 9.84. The summed E-state index contributed by atoms with van der Waals surface area (Å²) < 4.78 is 0. The Morgan fingerprint density at radius 2 is 2.22 bits per heavy atom. The van der Waals surface area contributed by atoms with Crippen molar-refractivity contribution in [3.63, 3.8) is 0 Å². The second-order valence-corrected chi connectivity index (χ2v) is 1.50. The predicted octanol–water partition coefficient (Wildman–Crippen LogP) is 0.779. The van der Waals surface area contributed by atoms with Gasteiger partial charge < -0.3 is 5.11 Å². The van der Waals surface area contributed by atoms with E-state index in [4.69, 9.17) is 5.11 Å². The molecule has 0 bridgehead atoms. The Morgan fingerprint density at radius 3 is 2.56 bits per heavy atom. The monoisotopic (exact) mass is 138 g/mol. The Labute approximate surface area is 77.2 Å². The van der Waals surface area contributed by atoms with Crippen molar-refractivity contribution in [3.05, 3.63) is 12.2 Å². The standard InChI is InChI=1S/C6H10O2.Na.H/c1-2-3-4-5-6(7)8;;/h2-3H,4-5H2,1H3,(H,7,8);;. The van der Waals surface area contributed by atoms with Gasteiger partial charge in [0.15, 0.2) is 0 Å². The molecule has 0 aromatic rings. The fourth-order valence-electron chi connectivity index (χ4n) is 0.373. The van der Waals surface area contributed by atoms with E-state index in [1.54, 1.807) is 0 Å². The van der Waals surface area contributed by atoms with E-state index in [1.807, 2.05) is 19.1 Å². The first-order chi connectivity index (χ1) is 3.77. The Balaban J connectivity index is 0. The summed E-state index contributed by atoms with van der Waals surface area (Å²) in [4.78, 5) is 9.84. The summed E-state index contributed by atoms with van der Waals surface area (Å²) in [5.74, 6) is -0.733. The van der Waals surface area contributed by atoms with Crippen molar-refractivity contribution in [2.45, 2.75) is 19.8 Å². The van der Waals surface area contributed by atoms with Gasteiger partial charge in [-0.1, -0.05) is 12.2 Å². The molecule has 0 rings (SSSR count). The zero-order valence-corrected chi connectivity index (χ0v) is 4.92. The Morgan fingerprint density at radius 1 is 1.67 bits per heavy atom. The first kappa shape index (κ1) is 11.9. The quantitative estimate of drug-likeness (QED) is 0.462. The van der Waals surface area contributed by atoms with Crippen LogP contribution in [0.4, 0.5) is 0 Å². The van der Waals surface area contributed by atoms with Crippen LogP contribution in [0.3, 0.4) is 0 Å². The third kappa shape index (κ3) is 11.7. The van der Waals surface area contributed by atoms with Gasteiger partial charge in [0, 0.05) is 6.42 Å². The van der Waals surface area contributed by atoms with Crippen LogP contribution in [-0.4, -0.2) is 40.6 Å². The average Bonchev–Trinajstić information content (AvgIpc) is 1.66. The number of hydrogen-bond acceptors (Lipinski definition) is 1. The first-order valence-electron chi connectivity index (χ1n) is 2.60. The SMILES string of the molecule is CC=CCCC(=O)O.[NaH]. The molecule has 0 amide bonds. The van der Waals surface area contributed by atoms with Gasteiger partial charge in [-0.2, -0.15) is 0 Å². The summed E-state index contributed by atoms with van der Waals surface area (Å²) in [6, 6.07) is 0. The van der Waals surface area contributed by atoms with E-state index in [2.05, 4.69) is 0 Å². The summed E-state index contributed by atoms with van der Waals surface area (Å²) in [7, 11) is 0. The van der Waals surface area contributed by atoms with E-state index in [9.17, 15) is 4.79 Å². The number of rotatable bonds is 3. The van der Waals surface area contributed by atoms with Crippen molar-refractivity contribution < 1.29 is 9.90 Å². The summed E-state index contributed by atoms with van der Waals surface area (Å²) in [6.45, 7) is 1.88. The van der Waals surface area contributed by atoms with Crippen LogP contribution in [0, 0.1) is 0 Å². The zero-order chi connectivity index (χ0) is 6.41. The van der Waals surface area contributed by atoms with E-state index in [0.29, 0.717) is 6.42 Å². The molecule has 0 saturated heterocycles. The first-order valence-corrected chi connectivity index (χ1v) is 2.60. The minimum atomic E-state index is -0.733. The van der Waals surface area contributed by atoms with Crippen LogP contribution < -0.4 is 0 Å². The second kappa shape index (κ2) is 8.21. The number of carboxylic acids is 1. The average molecular weight is 138 g/mol. The molecule has 1 N–H and O–H groups in total. The van der Waals surface area contributed by atoms with Crippen LogP contribution in [-0.2, 0) is 4.79 Å². The third-order valence-electron chi connectivity index (χ3n) is 0.761. The Kier molecular flexibility index (Phi) is 10.9. The Bertz CT molecular complexity index is 99.2. The number of carboxylic acid groups (broad SMARTS) is 1. The topological polar surface area (TPSA) is 37.3 Å². The normalized spacial score (nSPS) is 9.00. The van der Waals surface area contributed by atoms with Gasteiger partial charge in [-0.25, -0.2) is 0 Å². The van der Waals surface area contributed by atoms with Gasteiger partial charge in [-0.3, -0.25) is 4.79 Å². The number of carbonyl (C=O) groups is 1. The molecule has 0 aliphatic rings. The van der Waals surface area contributed by atoms with E-state index in [0.717, 1.165) is 0 Å². The second-order valence-electron chi connectivity index (χ2n) is 1.50. The molecule has 2 nitrogen and oxygen atoms in total. The van der Waals surface area contributed by atoms with Crippen LogP contribution in [0.25, 0.3) is 0 Å². The number of aliphatic carboxylic acids is 1. The molecule has 0 aromatic heterocycles. The molecule has 0 aliphatic heterocycles. The maximum absolute atomic E-state index is 9.84. The molecule has 3 heteroatoms. The van der Waals surface area contributed by atoms with Crippen molar-refractivity contribution in [2.75, 3.05) is 0 Å². The minimum absolute atomic E-state index is 0. The fraction of sp³-hybridized carbons (Fsp3) is 0.500. The number of hydrogen-bond donors (Lipinski definition) is 1. The molecule has 0 atom stereocenters. The van der Waals surface area contributed by atoms with Crippen molar-refractivity contribution in [1.29, 1.82) is 0 Å². The molecule has 0 aliphatic carbocycles. The van der Waals surface area contributed by atoms with Crippen LogP contribution >= 0.6 is 0 Å². The third-order valence-corrected chi connectivity index (χ3v) is 0.761. The van der Waals surface area contributed by atoms with Gasteiger partial charge in [0.1, 0.15) is 0 Å². The van der Waals surface area contributed by atoms with Gasteiger partial charge in [0.25, 0.3) is 0 Å². The summed E-state index contributed by atoms with van der Waals surface area (Å²) in [6.07, 6.45) is 4.58. The van der Waals surface area contributed by atoms with Crippen molar-refractivity contribution in [1.82, 2.24) is 0 Å². The molecule has 9 heavy (non-hydrogen) atoms. The Hall–Kier alpha value is 0.210. The molecular formula is C6H11NaO2. The van der Waals surface area contributed by atoms with E-state index >= 15 is 0 Å². The van der Waals surface area contributed by atoms with E-state index < -0.39 is 5.97 Å². The predicted molar refractivity (Wildman–Crippen MR) is 38.8 cm³/mol. The van der Waals surface area contributed by atoms with Crippen LogP contribution in [0.1, 0.15) is 19.8 Å². The van der Waals surface area contributed by atoms with Gasteiger partial charge in [-0.15, -0.1) is 0 Å². The molecular weight excluding hydrogens is 127 g/mol. The summed E-state index contributed by atoms with van der Waals surface area (Å²) in [5.41, 5.74) is 0. The van der Waals surface area contributed by atoms with E-state index in [-0.39, 0.29) is 36.0 Å². The van der Waals surface area contributed by atoms with Crippen molar-refractivity contribution in [3.8, 4) is 0 Å². The van der Waals surface area contributed by atoms with E-state index in [1.165, 1.54) is 0 Å².